The third-order valence-corrected chi connectivity index (χ3v) is 2.48. The highest BCUT2D eigenvalue weighted by Gasteiger charge is 2.24. The van der Waals surface area contributed by atoms with Gasteiger partial charge in [-0.25, -0.2) is 10.8 Å². The van der Waals surface area contributed by atoms with E-state index in [1.807, 2.05) is 0 Å². The van der Waals surface area contributed by atoms with E-state index in [-0.39, 0.29) is 23.2 Å². The molecular formula is C10H16N6O3. The van der Waals surface area contributed by atoms with Crippen LogP contribution in [0.2, 0.25) is 0 Å². The summed E-state index contributed by atoms with van der Waals surface area (Å²) in [6, 6.07) is 1.83. The summed E-state index contributed by atoms with van der Waals surface area (Å²) in [4.78, 5) is 25.5. The number of aromatic nitrogens is 1. The summed E-state index contributed by atoms with van der Waals surface area (Å²) in [5, 5.41) is 13.6. The maximum atomic E-state index is 11.3. The minimum Gasteiger partial charge on any atom is -0.368 e. The van der Waals surface area contributed by atoms with Crippen molar-refractivity contribution in [1.29, 1.82) is 0 Å². The minimum atomic E-state index is -0.765. The second-order valence-electron chi connectivity index (χ2n) is 4.23. The maximum absolute atomic E-state index is 11.3. The molecule has 1 heterocycles. The van der Waals surface area contributed by atoms with Crippen molar-refractivity contribution in [3.05, 3.63) is 22.2 Å². The van der Waals surface area contributed by atoms with Crippen LogP contribution in [0.25, 0.3) is 0 Å². The third kappa shape index (κ3) is 3.52. The smallest absolute Gasteiger partial charge is 0.311 e. The lowest BCUT2D eigenvalue weighted by molar-refractivity contribution is -0.384. The highest BCUT2D eigenvalue weighted by Crippen LogP contribution is 2.25. The molecular weight excluding hydrogens is 252 g/mol. The first kappa shape index (κ1) is 14.6. The second kappa shape index (κ2) is 5.96. The SMILES string of the molecule is CC(C)C(Nc1nc(NN)ccc1[N+](=O)[O-])C(N)=O. The van der Waals surface area contributed by atoms with Crippen molar-refractivity contribution in [2.24, 2.45) is 17.5 Å². The standard InChI is InChI=1S/C10H16N6O3/c1-5(2)8(9(11)17)14-10-6(16(18)19)3-4-7(13-10)15-12/h3-5,8H,12H2,1-2H3,(H2,11,17)(H2,13,14,15). The fourth-order valence-electron chi connectivity index (χ4n) is 1.50. The summed E-state index contributed by atoms with van der Waals surface area (Å²) in [7, 11) is 0. The molecule has 1 amide bonds. The average Bonchev–Trinajstić information content (AvgIpc) is 2.34. The number of hydrazine groups is 1. The van der Waals surface area contributed by atoms with Gasteiger partial charge in [0.05, 0.1) is 4.92 Å². The highest BCUT2D eigenvalue weighted by atomic mass is 16.6. The number of amides is 1. The predicted octanol–water partition coefficient (Wildman–Crippen LogP) is 0.197. The molecule has 0 aliphatic heterocycles. The molecule has 0 bridgehead atoms. The van der Waals surface area contributed by atoms with Crippen molar-refractivity contribution in [2.45, 2.75) is 19.9 Å². The summed E-state index contributed by atoms with van der Waals surface area (Å²) in [5.41, 5.74) is 7.26. The lowest BCUT2D eigenvalue weighted by atomic mass is 10.0. The molecule has 104 valence electrons. The summed E-state index contributed by atoms with van der Waals surface area (Å²) in [6.07, 6.45) is 0. The highest BCUT2D eigenvalue weighted by molar-refractivity contribution is 5.83. The molecule has 9 heteroatoms. The largest absolute Gasteiger partial charge is 0.368 e. The van der Waals surface area contributed by atoms with Gasteiger partial charge in [0, 0.05) is 6.07 Å². The number of nitro groups is 1. The summed E-state index contributed by atoms with van der Waals surface area (Å²) >= 11 is 0. The van der Waals surface area contributed by atoms with E-state index < -0.39 is 16.9 Å². The molecule has 19 heavy (non-hydrogen) atoms. The number of rotatable bonds is 6. The number of nitrogens with one attached hydrogen (secondary N) is 2. The van der Waals surface area contributed by atoms with Crippen molar-refractivity contribution < 1.29 is 9.72 Å². The van der Waals surface area contributed by atoms with Crippen LogP contribution in [0.4, 0.5) is 17.3 Å². The van der Waals surface area contributed by atoms with Crippen LogP contribution in [0.3, 0.4) is 0 Å². The number of nitrogen functional groups attached to an aromatic ring is 1. The summed E-state index contributed by atoms with van der Waals surface area (Å²) in [5.74, 6) is 4.61. The van der Waals surface area contributed by atoms with Gasteiger partial charge >= 0.3 is 5.69 Å². The Hall–Kier alpha value is -2.42. The van der Waals surface area contributed by atoms with Gasteiger partial charge in [0.25, 0.3) is 0 Å². The van der Waals surface area contributed by atoms with E-state index in [1.54, 1.807) is 13.8 Å². The molecule has 0 radical (unpaired) electrons. The average molecular weight is 268 g/mol. The van der Waals surface area contributed by atoms with E-state index in [2.05, 4.69) is 15.7 Å². The van der Waals surface area contributed by atoms with Gasteiger partial charge in [0.2, 0.25) is 11.7 Å². The molecule has 1 aromatic heterocycles. The van der Waals surface area contributed by atoms with Crippen LogP contribution in [0.15, 0.2) is 12.1 Å². The number of hydrogen-bond acceptors (Lipinski definition) is 7. The van der Waals surface area contributed by atoms with E-state index in [0.717, 1.165) is 0 Å². The van der Waals surface area contributed by atoms with Crippen LogP contribution in [-0.2, 0) is 4.79 Å². The van der Waals surface area contributed by atoms with Gasteiger partial charge in [-0.3, -0.25) is 14.9 Å². The first-order valence-corrected chi connectivity index (χ1v) is 5.54. The van der Waals surface area contributed by atoms with Gasteiger partial charge < -0.3 is 16.5 Å². The van der Waals surface area contributed by atoms with Gasteiger partial charge in [0.1, 0.15) is 11.9 Å². The first-order chi connectivity index (χ1) is 8.86. The van der Waals surface area contributed by atoms with Gasteiger partial charge in [-0.2, -0.15) is 0 Å². The fourth-order valence-corrected chi connectivity index (χ4v) is 1.50. The molecule has 1 rings (SSSR count). The van der Waals surface area contributed by atoms with Crippen molar-refractivity contribution in [2.75, 3.05) is 10.7 Å². The van der Waals surface area contributed by atoms with Crippen LogP contribution < -0.4 is 22.3 Å². The van der Waals surface area contributed by atoms with Crippen LogP contribution in [0.5, 0.6) is 0 Å². The number of nitrogens with zero attached hydrogens (tertiary/aromatic N) is 2. The summed E-state index contributed by atoms with van der Waals surface area (Å²) in [6.45, 7) is 3.53. The lowest BCUT2D eigenvalue weighted by Gasteiger charge is -2.19. The van der Waals surface area contributed by atoms with Crippen LogP contribution in [0, 0.1) is 16.0 Å². The Morgan fingerprint density at radius 1 is 1.47 bits per heavy atom. The molecule has 0 saturated carbocycles. The Morgan fingerprint density at radius 3 is 2.53 bits per heavy atom. The zero-order valence-electron chi connectivity index (χ0n) is 10.6. The molecule has 0 aliphatic carbocycles. The number of anilines is 2. The summed E-state index contributed by atoms with van der Waals surface area (Å²) < 4.78 is 0. The normalized spacial score (nSPS) is 12.0. The third-order valence-electron chi connectivity index (χ3n) is 2.48. The van der Waals surface area contributed by atoms with Crippen LogP contribution >= 0.6 is 0 Å². The van der Waals surface area contributed by atoms with E-state index in [4.69, 9.17) is 11.6 Å². The molecule has 0 aliphatic rings. The molecule has 9 nitrogen and oxygen atoms in total. The van der Waals surface area contributed by atoms with Gasteiger partial charge in [-0.1, -0.05) is 13.8 Å². The quantitative estimate of drug-likeness (QED) is 0.327. The van der Waals surface area contributed by atoms with Gasteiger partial charge in [-0.15, -0.1) is 0 Å². The Bertz CT molecular complexity index is 490. The molecule has 0 aromatic carbocycles. The molecule has 0 saturated heterocycles. The number of carbonyl (C=O) groups is 1. The van der Waals surface area contributed by atoms with Crippen molar-refractivity contribution in [3.63, 3.8) is 0 Å². The number of pyridine rings is 1. The van der Waals surface area contributed by atoms with Crippen molar-refractivity contribution >= 4 is 23.2 Å². The number of hydrogen-bond donors (Lipinski definition) is 4. The number of primary amides is 1. The Balaban J connectivity index is 3.15. The molecule has 1 aromatic rings. The Kier molecular flexibility index (Phi) is 4.59. The van der Waals surface area contributed by atoms with Gasteiger partial charge in [0.15, 0.2) is 0 Å². The van der Waals surface area contributed by atoms with E-state index in [9.17, 15) is 14.9 Å². The van der Waals surface area contributed by atoms with Gasteiger partial charge in [-0.05, 0) is 12.0 Å². The zero-order chi connectivity index (χ0) is 14.6. The minimum absolute atomic E-state index is 0.0575. The van der Waals surface area contributed by atoms with E-state index in [1.165, 1.54) is 12.1 Å². The molecule has 0 fully saturated rings. The maximum Gasteiger partial charge on any atom is 0.311 e. The zero-order valence-corrected chi connectivity index (χ0v) is 10.6. The first-order valence-electron chi connectivity index (χ1n) is 5.54. The predicted molar refractivity (Wildman–Crippen MR) is 70.1 cm³/mol. The Morgan fingerprint density at radius 2 is 2.11 bits per heavy atom. The molecule has 1 atom stereocenters. The van der Waals surface area contributed by atoms with Crippen molar-refractivity contribution in [3.8, 4) is 0 Å². The van der Waals surface area contributed by atoms with Crippen LogP contribution in [0.1, 0.15) is 13.8 Å². The second-order valence-corrected chi connectivity index (χ2v) is 4.23. The monoisotopic (exact) mass is 268 g/mol. The van der Waals surface area contributed by atoms with Crippen molar-refractivity contribution in [1.82, 2.24) is 4.98 Å². The van der Waals surface area contributed by atoms with E-state index >= 15 is 0 Å². The number of carbonyl (C=O) groups excluding carboxylic acids is 1. The molecule has 6 N–H and O–H groups in total. The molecule has 0 spiro atoms. The lowest BCUT2D eigenvalue weighted by Crippen LogP contribution is -2.40. The fraction of sp³-hybridized carbons (Fsp3) is 0.400. The van der Waals surface area contributed by atoms with Crippen LogP contribution in [-0.4, -0.2) is 21.9 Å². The number of nitrogens with two attached hydrogens (primary N) is 2. The Labute approximate surface area is 109 Å². The topological polar surface area (TPSA) is 149 Å². The molecule has 1 unspecified atom stereocenters. The van der Waals surface area contributed by atoms with E-state index in [0.29, 0.717) is 0 Å².